The molecule has 1 aliphatic rings. The van der Waals surface area contributed by atoms with Crippen molar-refractivity contribution >= 4 is 16.1 Å². The van der Waals surface area contributed by atoms with Crippen LogP contribution in [-0.4, -0.2) is 24.7 Å². The monoisotopic (exact) mass is 194 g/mol. The molecule has 1 aliphatic heterocycles. The summed E-state index contributed by atoms with van der Waals surface area (Å²) in [5.41, 5.74) is 0.704. The molecule has 6 heteroatoms. The van der Waals surface area contributed by atoms with Crippen molar-refractivity contribution in [3.63, 3.8) is 0 Å². The largest absolute Gasteiger partial charge is 0.430 e. The highest BCUT2D eigenvalue weighted by Crippen LogP contribution is 2.06. The molecule has 0 saturated heterocycles. The van der Waals surface area contributed by atoms with Gasteiger partial charge in [0.1, 0.15) is 6.26 Å². The molecule has 70 valence electrons. The first-order valence-electron chi connectivity index (χ1n) is 3.19. The average molecular weight is 194 g/mol. The maximum atomic E-state index is 9.94. The Bertz CT molecular complexity index is 287. The minimum Gasteiger partial charge on any atom is -0.430 e. The van der Waals surface area contributed by atoms with Crippen LogP contribution in [-0.2, 0) is 19.6 Å². The molecule has 0 fully saturated rings. The van der Waals surface area contributed by atoms with Crippen molar-refractivity contribution in [1.82, 2.24) is 0 Å². The van der Waals surface area contributed by atoms with E-state index in [2.05, 4.69) is 4.74 Å². The van der Waals surface area contributed by atoms with Crippen LogP contribution in [0, 0.1) is 0 Å². The standard InChI is InChI=1S/C4H4O2.C2H6O3S/c1-3-2-6-4(3)5;1-2-6(3,4)5/h2H,1H3;2H2,1H3,(H,3,4,5). The third-order valence-corrected chi connectivity index (χ3v) is 1.76. The summed E-state index contributed by atoms with van der Waals surface area (Å²) in [4.78, 5) is 9.94. The van der Waals surface area contributed by atoms with E-state index in [9.17, 15) is 13.2 Å². The molecule has 1 rings (SSSR count). The molecular weight excluding hydrogens is 184 g/mol. The second-order valence-corrected chi connectivity index (χ2v) is 3.82. The van der Waals surface area contributed by atoms with Gasteiger partial charge in [-0.05, 0) is 13.8 Å². The summed E-state index contributed by atoms with van der Waals surface area (Å²) in [6.45, 7) is 3.08. The Labute approximate surface area is 70.8 Å². The van der Waals surface area contributed by atoms with Crippen molar-refractivity contribution in [3.8, 4) is 0 Å². The molecule has 1 N–H and O–H groups in total. The van der Waals surface area contributed by atoms with Crippen LogP contribution in [0.2, 0.25) is 0 Å². The Balaban J connectivity index is 0.000000202. The van der Waals surface area contributed by atoms with E-state index in [1.807, 2.05) is 0 Å². The first kappa shape index (κ1) is 11.1. The molecule has 1 heterocycles. The first-order chi connectivity index (χ1) is 5.37. The van der Waals surface area contributed by atoms with Crippen molar-refractivity contribution in [1.29, 1.82) is 0 Å². The minimum atomic E-state index is -3.66. The fraction of sp³-hybridized carbons (Fsp3) is 0.500. The summed E-state index contributed by atoms with van der Waals surface area (Å²) in [5, 5.41) is 0. The van der Waals surface area contributed by atoms with Gasteiger partial charge in [0.15, 0.2) is 0 Å². The molecule has 12 heavy (non-hydrogen) atoms. The zero-order valence-corrected chi connectivity index (χ0v) is 7.59. The van der Waals surface area contributed by atoms with Crippen LogP contribution in [0.3, 0.4) is 0 Å². The van der Waals surface area contributed by atoms with Crippen LogP contribution in [0.5, 0.6) is 0 Å². The predicted octanol–water partition coefficient (Wildman–Crippen LogP) is 0.341. The third-order valence-electron chi connectivity index (χ3n) is 1.03. The van der Waals surface area contributed by atoms with Gasteiger partial charge in [-0.3, -0.25) is 4.55 Å². The summed E-state index contributed by atoms with van der Waals surface area (Å²) in [7, 11) is -3.66. The minimum absolute atomic E-state index is 0.199. The van der Waals surface area contributed by atoms with Crippen LogP contribution in [0.15, 0.2) is 11.8 Å². The van der Waals surface area contributed by atoms with Gasteiger partial charge in [0.2, 0.25) is 0 Å². The maximum absolute atomic E-state index is 9.94. The van der Waals surface area contributed by atoms with E-state index in [1.54, 1.807) is 6.92 Å². The van der Waals surface area contributed by atoms with E-state index in [1.165, 1.54) is 13.2 Å². The highest BCUT2D eigenvalue weighted by molar-refractivity contribution is 7.85. The van der Waals surface area contributed by atoms with Gasteiger partial charge in [-0.15, -0.1) is 0 Å². The smallest absolute Gasteiger partial charge is 0.341 e. The molecule has 0 amide bonds. The predicted molar refractivity (Wildman–Crippen MR) is 41.9 cm³/mol. The second kappa shape index (κ2) is 4.22. The molecule has 0 aliphatic carbocycles. The highest BCUT2D eigenvalue weighted by Gasteiger charge is 2.12. The number of rotatable bonds is 1. The van der Waals surface area contributed by atoms with E-state index in [0.29, 0.717) is 5.57 Å². The normalized spacial score (nSPS) is 14.9. The SMILES string of the molecule is CC1=COC1=O.CCS(=O)(=O)O. The zero-order chi connectivity index (χ0) is 9.78. The number of ether oxygens (including phenoxy) is 1. The average Bonchev–Trinajstić information content (AvgIpc) is 2.01. The van der Waals surface area contributed by atoms with E-state index < -0.39 is 10.1 Å². The van der Waals surface area contributed by atoms with E-state index >= 15 is 0 Å². The Morgan fingerprint density at radius 2 is 1.92 bits per heavy atom. The Morgan fingerprint density at radius 1 is 1.58 bits per heavy atom. The molecule has 0 unspecified atom stereocenters. The van der Waals surface area contributed by atoms with Crippen molar-refractivity contribution < 1.29 is 22.5 Å². The molecule has 5 nitrogen and oxygen atoms in total. The van der Waals surface area contributed by atoms with Crippen molar-refractivity contribution in [2.24, 2.45) is 0 Å². The summed E-state index contributed by atoms with van der Waals surface area (Å²) < 4.78 is 31.2. The summed E-state index contributed by atoms with van der Waals surface area (Å²) in [6, 6.07) is 0. The van der Waals surface area contributed by atoms with Gasteiger partial charge < -0.3 is 4.74 Å². The Hall–Kier alpha value is -0.880. The van der Waals surface area contributed by atoms with Crippen molar-refractivity contribution in [2.75, 3.05) is 5.75 Å². The summed E-state index contributed by atoms with van der Waals surface area (Å²) in [6.07, 6.45) is 1.43. The zero-order valence-electron chi connectivity index (χ0n) is 6.77. The fourth-order valence-electron chi connectivity index (χ4n) is 0.225. The van der Waals surface area contributed by atoms with Gasteiger partial charge in [-0.25, -0.2) is 4.79 Å². The van der Waals surface area contributed by atoms with Crippen molar-refractivity contribution in [3.05, 3.63) is 11.8 Å². The quantitative estimate of drug-likeness (QED) is 0.481. The van der Waals surface area contributed by atoms with Crippen LogP contribution in [0.25, 0.3) is 0 Å². The molecule has 0 radical (unpaired) electrons. The van der Waals surface area contributed by atoms with Gasteiger partial charge in [0, 0.05) is 0 Å². The van der Waals surface area contributed by atoms with Crippen molar-refractivity contribution in [2.45, 2.75) is 13.8 Å². The van der Waals surface area contributed by atoms with Gasteiger partial charge in [-0.2, -0.15) is 8.42 Å². The number of esters is 1. The van der Waals surface area contributed by atoms with E-state index in [4.69, 9.17) is 4.55 Å². The molecule has 0 aromatic carbocycles. The lowest BCUT2D eigenvalue weighted by Crippen LogP contribution is -2.10. The van der Waals surface area contributed by atoms with Gasteiger partial charge in [0.25, 0.3) is 10.1 Å². The maximum Gasteiger partial charge on any atom is 0.341 e. The molecule has 0 atom stereocenters. The summed E-state index contributed by atoms with van der Waals surface area (Å²) >= 11 is 0. The number of cyclic esters (lactones) is 1. The van der Waals surface area contributed by atoms with Crippen LogP contribution < -0.4 is 0 Å². The molecular formula is C6H10O5S. The van der Waals surface area contributed by atoms with Crippen LogP contribution in [0.4, 0.5) is 0 Å². The number of hydrogen-bond acceptors (Lipinski definition) is 4. The molecule has 0 bridgehead atoms. The van der Waals surface area contributed by atoms with Gasteiger partial charge in [0.05, 0.1) is 11.3 Å². The lowest BCUT2D eigenvalue weighted by atomic mass is 10.3. The van der Waals surface area contributed by atoms with Gasteiger partial charge in [-0.1, -0.05) is 0 Å². The van der Waals surface area contributed by atoms with Crippen LogP contribution in [0.1, 0.15) is 13.8 Å². The number of carbonyl (C=O) groups is 1. The van der Waals surface area contributed by atoms with Crippen LogP contribution >= 0.6 is 0 Å². The van der Waals surface area contributed by atoms with Gasteiger partial charge >= 0.3 is 5.97 Å². The molecule has 0 aromatic heterocycles. The molecule has 0 aromatic rings. The Kier molecular flexibility index (Phi) is 3.91. The van der Waals surface area contributed by atoms with E-state index in [-0.39, 0.29) is 11.7 Å². The highest BCUT2D eigenvalue weighted by atomic mass is 32.2. The van der Waals surface area contributed by atoms with E-state index in [0.717, 1.165) is 0 Å². The first-order valence-corrected chi connectivity index (χ1v) is 4.80. The topological polar surface area (TPSA) is 80.7 Å². The summed E-state index contributed by atoms with van der Waals surface area (Å²) in [5.74, 6) is -0.400. The lowest BCUT2D eigenvalue weighted by Gasteiger charge is -2.05. The Morgan fingerprint density at radius 3 is 1.92 bits per heavy atom. The number of carbonyl (C=O) groups excluding carboxylic acids is 1. The third kappa shape index (κ3) is 4.86. The number of hydrogen-bond donors (Lipinski definition) is 1. The fourth-order valence-corrected chi connectivity index (χ4v) is 0.225. The molecule has 0 saturated carbocycles. The second-order valence-electron chi connectivity index (χ2n) is 2.08. The lowest BCUT2D eigenvalue weighted by molar-refractivity contribution is -0.138. The molecule has 0 spiro atoms.